The van der Waals surface area contributed by atoms with E-state index in [0.29, 0.717) is 13.0 Å². The van der Waals surface area contributed by atoms with Gasteiger partial charge >= 0.3 is 0 Å². The molecule has 5 rings (SSSR count). The average Bonchev–Trinajstić information content (AvgIpc) is 3.03. The molecule has 0 atom stereocenters. The van der Waals surface area contributed by atoms with Gasteiger partial charge in [0.05, 0.1) is 19.2 Å². The Hall–Kier alpha value is -3.91. The minimum atomic E-state index is -0.0543. The number of rotatable bonds is 10. The predicted molar refractivity (Wildman–Crippen MR) is 164 cm³/mol. The maximum absolute atomic E-state index is 13.5. The molecular weight excluding hydrogens is 514 g/mol. The van der Waals surface area contributed by atoms with E-state index in [1.54, 1.807) is 13.3 Å². The summed E-state index contributed by atoms with van der Waals surface area (Å²) in [7, 11) is 1.67. The van der Waals surface area contributed by atoms with Gasteiger partial charge in [-0.1, -0.05) is 55.7 Å². The number of hydrogen-bond acceptors (Lipinski definition) is 6. The first-order chi connectivity index (χ1) is 20.1. The maximum atomic E-state index is 13.5. The number of nitrogens with zero attached hydrogens (tertiary/aromatic N) is 4. The lowest BCUT2D eigenvalue weighted by Crippen LogP contribution is -2.50. The number of ether oxygens (including phenoxy) is 1. The smallest absolute Gasteiger partial charge is 0.231 e. The fourth-order valence-electron chi connectivity index (χ4n) is 5.88. The average molecular weight is 556 g/mol. The summed E-state index contributed by atoms with van der Waals surface area (Å²) >= 11 is 0. The molecule has 216 valence electrons. The highest BCUT2D eigenvalue weighted by atomic mass is 16.5. The Labute approximate surface area is 243 Å². The lowest BCUT2D eigenvalue weighted by atomic mass is 9.88. The zero-order valence-electron chi connectivity index (χ0n) is 24.0. The number of methoxy groups -OCH3 is 1. The molecule has 0 spiro atoms. The van der Waals surface area contributed by atoms with Crippen LogP contribution in [0.3, 0.4) is 0 Å². The molecule has 2 amide bonds. The molecule has 1 aliphatic heterocycles. The SMILES string of the molecule is COc1cc(NC(=O)Cc2ccccc2)ccc1N1CCN(CCN(C(=O)C2CCCCC2)c2ccccn2)CC1. The summed E-state index contributed by atoms with van der Waals surface area (Å²) in [5.74, 6) is 1.78. The van der Waals surface area contributed by atoms with Crippen LogP contribution in [-0.4, -0.2) is 68.1 Å². The summed E-state index contributed by atoms with van der Waals surface area (Å²) in [5.41, 5.74) is 2.73. The molecule has 0 unspecified atom stereocenters. The van der Waals surface area contributed by atoms with Crippen LogP contribution in [0.1, 0.15) is 37.7 Å². The van der Waals surface area contributed by atoms with E-state index < -0.39 is 0 Å². The van der Waals surface area contributed by atoms with E-state index in [4.69, 9.17) is 4.74 Å². The Balaban J connectivity index is 1.16. The number of piperazine rings is 1. The second-order valence-corrected chi connectivity index (χ2v) is 10.9. The van der Waals surface area contributed by atoms with Crippen molar-refractivity contribution >= 4 is 29.0 Å². The number of carbonyl (C=O) groups is 2. The van der Waals surface area contributed by atoms with Gasteiger partial charge in [-0.15, -0.1) is 0 Å². The Morgan fingerprint density at radius 2 is 1.71 bits per heavy atom. The van der Waals surface area contributed by atoms with Gasteiger partial charge in [-0.2, -0.15) is 0 Å². The third-order valence-corrected chi connectivity index (χ3v) is 8.17. The quantitative estimate of drug-likeness (QED) is 0.379. The molecule has 1 aromatic heterocycles. The molecule has 1 saturated carbocycles. The number of benzene rings is 2. The van der Waals surface area contributed by atoms with Crippen LogP contribution in [0.2, 0.25) is 0 Å². The Kier molecular flexibility index (Phi) is 9.86. The van der Waals surface area contributed by atoms with E-state index in [-0.39, 0.29) is 17.7 Å². The van der Waals surface area contributed by atoms with Crippen molar-refractivity contribution in [3.05, 3.63) is 78.5 Å². The minimum Gasteiger partial charge on any atom is -0.495 e. The predicted octanol–water partition coefficient (Wildman–Crippen LogP) is 5.01. The molecule has 1 aliphatic carbocycles. The standard InChI is InChI=1S/C33H41N5O3/c1-41-30-25-28(35-32(39)24-26-10-4-2-5-11-26)15-16-29(30)37-21-18-36(19-22-37)20-23-38(31-14-8-9-17-34-31)33(40)27-12-6-3-7-13-27/h2,4-5,8-11,14-17,25,27H,3,6-7,12-13,18-24H2,1H3,(H,35,39). The molecule has 1 saturated heterocycles. The third-order valence-electron chi connectivity index (χ3n) is 8.17. The van der Waals surface area contributed by atoms with Crippen molar-refractivity contribution in [3.63, 3.8) is 0 Å². The van der Waals surface area contributed by atoms with Crippen molar-refractivity contribution in [2.75, 3.05) is 61.5 Å². The van der Waals surface area contributed by atoms with Crippen molar-refractivity contribution in [2.45, 2.75) is 38.5 Å². The molecule has 2 aliphatic rings. The molecule has 8 nitrogen and oxygen atoms in total. The second-order valence-electron chi connectivity index (χ2n) is 10.9. The van der Waals surface area contributed by atoms with Crippen LogP contribution in [0.25, 0.3) is 0 Å². The number of hydrogen-bond donors (Lipinski definition) is 1. The van der Waals surface area contributed by atoms with Crippen LogP contribution in [-0.2, 0) is 16.0 Å². The molecule has 0 bridgehead atoms. The van der Waals surface area contributed by atoms with E-state index in [0.717, 1.165) is 86.9 Å². The Morgan fingerprint density at radius 1 is 0.951 bits per heavy atom. The molecule has 41 heavy (non-hydrogen) atoms. The van der Waals surface area contributed by atoms with Crippen molar-refractivity contribution < 1.29 is 14.3 Å². The molecular formula is C33H41N5O3. The summed E-state index contributed by atoms with van der Waals surface area (Å²) in [5, 5.41) is 2.99. The number of anilines is 3. The van der Waals surface area contributed by atoms with Gasteiger partial charge in [-0.25, -0.2) is 4.98 Å². The van der Waals surface area contributed by atoms with Gasteiger partial charge < -0.3 is 15.0 Å². The van der Waals surface area contributed by atoms with Crippen LogP contribution in [0.4, 0.5) is 17.2 Å². The van der Waals surface area contributed by atoms with E-state index in [9.17, 15) is 9.59 Å². The Morgan fingerprint density at radius 3 is 2.41 bits per heavy atom. The van der Waals surface area contributed by atoms with E-state index in [2.05, 4.69) is 20.1 Å². The topological polar surface area (TPSA) is 78.0 Å². The van der Waals surface area contributed by atoms with Crippen molar-refractivity contribution in [1.29, 1.82) is 0 Å². The molecule has 8 heteroatoms. The monoisotopic (exact) mass is 555 g/mol. The van der Waals surface area contributed by atoms with Gasteiger partial charge in [0.2, 0.25) is 11.8 Å². The summed E-state index contributed by atoms with van der Waals surface area (Å²) in [6.07, 6.45) is 7.57. The van der Waals surface area contributed by atoms with Crippen molar-refractivity contribution in [2.24, 2.45) is 5.92 Å². The lowest BCUT2D eigenvalue weighted by Gasteiger charge is -2.38. The van der Waals surface area contributed by atoms with Crippen molar-refractivity contribution in [3.8, 4) is 5.75 Å². The van der Waals surface area contributed by atoms with Crippen LogP contribution in [0.5, 0.6) is 5.75 Å². The zero-order chi connectivity index (χ0) is 28.4. The number of carbonyl (C=O) groups excluding carboxylic acids is 2. The summed E-state index contributed by atoms with van der Waals surface area (Å²) < 4.78 is 5.72. The highest BCUT2D eigenvalue weighted by molar-refractivity contribution is 5.94. The summed E-state index contributed by atoms with van der Waals surface area (Å²) in [4.78, 5) is 37.2. The van der Waals surface area contributed by atoms with Crippen LogP contribution < -0.4 is 19.9 Å². The van der Waals surface area contributed by atoms with Gasteiger partial charge in [0.25, 0.3) is 0 Å². The highest BCUT2D eigenvalue weighted by Crippen LogP contribution is 2.32. The van der Waals surface area contributed by atoms with Gasteiger partial charge in [0, 0.05) is 63.1 Å². The molecule has 2 aromatic carbocycles. The molecule has 2 fully saturated rings. The number of pyridine rings is 1. The van der Waals surface area contributed by atoms with Crippen LogP contribution in [0, 0.1) is 5.92 Å². The van der Waals surface area contributed by atoms with Crippen molar-refractivity contribution in [1.82, 2.24) is 9.88 Å². The molecule has 2 heterocycles. The van der Waals surface area contributed by atoms with Gasteiger partial charge in [0.15, 0.2) is 0 Å². The second kappa shape index (κ2) is 14.1. The summed E-state index contributed by atoms with van der Waals surface area (Å²) in [6, 6.07) is 21.4. The molecule has 0 radical (unpaired) electrons. The van der Waals surface area contributed by atoms with Crippen LogP contribution >= 0.6 is 0 Å². The zero-order valence-corrected chi connectivity index (χ0v) is 24.0. The first-order valence-corrected chi connectivity index (χ1v) is 14.8. The fraction of sp³-hybridized carbons (Fsp3) is 0.424. The van der Waals surface area contributed by atoms with Gasteiger partial charge in [0.1, 0.15) is 11.6 Å². The van der Waals surface area contributed by atoms with E-state index >= 15 is 0 Å². The largest absolute Gasteiger partial charge is 0.495 e. The van der Waals surface area contributed by atoms with E-state index in [1.807, 2.05) is 71.6 Å². The number of amides is 2. The first kappa shape index (κ1) is 28.6. The molecule has 3 aromatic rings. The minimum absolute atomic E-state index is 0.0543. The fourth-order valence-corrected chi connectivity index (χ4v) is 5.88. The highest BCUT2D eigenvalue weighted by Gasteiger charge is 2.28. The number of nitrogens with one attached hydrogen (secondary N) is 1. The van der Waals surface area contributed by atoms with Gasteiger partial charge in [-0.3, -0.25) is 19.4 Å². The normalized spacial score (nSPS) is 16.3. The summed E-state index contributed by atoms with van der Waals surface area (Å²) in [6.45, 7) is 4.96. The molecule has 1 N–H and O–H groups in total. The van der Waals surface area contributed by atoms with Crippen LogP contribution in [0.15, 0.2) is 72.9 Å². The number of aromatic nitrogens is 1. The maximum Gasteiger partial charge on any atom is 0.231 e. The van der Waals surface area contributed by atoms with E-state index in [1.165, 1.54) is 6.42 Å². The third kappa shape index (κ3) is 7.64. The lowest BCUT2D eigenvalue weighted by molar-refractivity contribution is -0.123. The Bertz CT molecular complexity index is 1270. The van der Waals surface area contributed by atoms with Gasteiger partial charge in [-0.05, 0) is 42.7 Å². The first-order valence-electron chi connectivity index (χ1n) is 14.8.